The predicted octanol–water partition coefficient (Wildman–Crippen LogP) is 2.40. The van der Waals surface area contributed by atoms with E-state index in [-0.39, 0.29) is 36.2 Å². The Bertz CT molecular complexity index is 795. The van der Waals surface area contributed by atoms with Crippen LogP contribution in [0.15, 0.2) is 11.5 Å². The lowest BCUT2D eigenvalue weighted by Gasteiger charge is -2.33. The van der Waals surface area contributed by atoms with Gasteiger partial charge in [0, 0.05) is 39.0 Å². The van der Waals surface area contributed by atoms with Gasteiger partial charge in [0.1, 0.15) is 12.2 Å². The van der Waals surface area contributed by atoms with E-state index in [1.165, 1.54) is 4.31 Å². The minimum Gasteiger partial charge on any atom is -0.476 e. The minimum atomic E-state index is -3.27. The van der Waals surface area contributed by atoms with E-state index >= 15 is 0 Å². The molecule has 184 valence electrons. The van der Waals surface area contributed by atoms with Gasteiger partial charge in [-0.3, -0.25) is 5.41 Å². The standard InChI is InChI=1S/C21H38N4O6S/c1-14(2)29-21(26)24-10-6-17(7-11-24)30-19(22)16(5)20(23)31-18-8-12-25(13-9-18)32(27,28)15(3)4/h14-15,17-18,23H,6-13,22H2,1-5H3/b19-16+,23-20?. The molecule has 1 amide bonds. The number of sulfonamides is 1. The highest BCUT2D eigenvalue weighted by molar-refractivity contribution is 7.89. The van der Waals surface area contributed by atoms with Crippen molar-refractivity contribution in [2.45, 2.75) is 83.9 Å². The minimum absolute atomic E-state index is 0.0642. The number of amides is 1. The Kier molecular flexibility index (Phi) is 9.20. The van der Waals surface area contributed by atoms with Crippen LogP contribution in [0.4, 0.5) is 4.79 Å². The lowest BCUT2D eigenvalue weighted by atomic mass is 10.1. The van der Waals surface area contributed by atoms with E-state index in [0.717, 1.165) is 0 Å². The van der Waals surface area contributed by atoms with Crippen LogP contribution in [0.3, 0.4) is 0 Å². The van der Waals surface area contributed by atoms with E-state index in [9.17, 15) is 13.2 Å². The molecule has 0 radical (unpaired) electrons. The molecular formula is C21H38N4O6S. The van der Waals surface area contributed by atoms with Crippen molar-refractivity contribution in [2.75, 3.05) is 26.2 Å². The molecule has 2 rings (SSSR count). The quantitative estimate of drug-likeness (QED) is 0.328. The Morgan fingerprint density at radius 3 is 1.97 bits per heavy atom. The Morgan fingerprint density at radius 1 is 0.969 bits per heavy atom. The second-order valence-corrected chi connectivity index (χ2v) is 11.4. The summed E-state index contributed by atoms with van der Waals surface area (Å²) in [5.41, 5.74) is 6.48. The second-order valence-electron chi connectivity index (χ2n) is 8.87. The maximum Gasteiger partial charge on any atom is 0.410 e. The molecule has 0 unspecified atom stereocenters. The molecule has 2 fully saturated rings. The summed E-state index contributed by atoms with van der Waals surface area (Å²) in [6.07, 6.45) is 1.43. The van der Waals surface area contributed by atoms with E-state index < -0.39 is 15.3 Å². The van der Waals surface area contributed by atoms with Gasteiger partial charge in [-0.2, -0.15) is 0 Å². The average Bonchev–Trinajstić information content (AvgIpc) is 2.73. The molecule has 0 aromatic rings. The van der Waals surface area contributed by atoms with Gasteiger partial charge in [-0.05, 0) is 47.5 Å². The van der Waals surface area contributed by atoms with Crippen LogP contribution in [-0.2, 0) is 24.2 Å². The molecule has 0 aliphatic carbocycles. The number of hydrogen-bond acceptors (Lipinski definition) is 8. The first-order valence-electron chi connectivity index (χ1n) is 11.2. The normalized spacial score (nSPS) is 20.3. The third-order valence-electron chi connectivity index (χ3n) is 5.68. The van der Waals surface area contributed by atoms with Gasteiger partial charge in [0.2, 0.25) is 15.9 Å². The molecule has 2 heterocycles. The first-order valence-corrected chi connectivity index (χ1v) is 12.7. The number of carbonyl (C=O) groups is 1. The first-order chi connectivity index (χ1) is 14.9. The molecule has 11 heteroatoms. The molecule has 32 heavy (non-hydrogen) atoms. The number of nitrogens with one attached hydrogen (secondary N) is 1. The van der Waals surface area contributed by atoms with Gasteiger partial charge in [0.15, 0.2) is 5.88 Å². The molecule has 3 N–H and O–H groups in total. The van der Waals surface area contributed by atoms with Crippen LogP contribution < -0.4 is 5.73 Å². The van der Waals surface area contributed by atoms with Crippen molar-refractivity contribution < 1.29 is 27.4 Å². The first kappa shape index (κ1) is 26.2. The van der Waals surface area contributed by atoms with Crippen molar-refractivity contribution in [1.29, 1.82) is 5.41 Å². The lowest BCUT2D eigenvalue weighted by molar-refractivity contribution is 0.0302. The van der Waals surface area contributed by atoms with E-state index in [1.54, 1.807) is 25.7 Å². The van der Waals surface area contributed by atoms with Crippen molar-refractivity contribution in [2.24, 2.45) is 5.73 Å². The van der Waals surface area contributed by atoms with Gasteiger partial charge < -0.3 is 24.8 Å². The fourth-order valence-corrected chi connectivity index (χ4v) is 4.89. The Balaban J connectivity index is 1.81. The highest BCUT2D eigenvalue weighted by Gasteiger charge is 2.31. The summed E-state index contributed by atoms with van der Waals surface area (Å²) >= 11 is 0. The molecule has 0 aromatic carbocycles. The summed E-state index contributed by atoms with van der Waals surface area (Å²) in [5.74, 6) is 0.0728. The fraction of sp³-hybridized carbons (Fsp3) is 0.810. The zero-order valence-corrected chi connectivity index (χ0v) is 20.6. The van der Waals surface area contributed by atoms with Crippen molar-refractivity contribution >= 4 is 22.0 Å². The van der Waals surface area contributed by atoms with Crippen LogP contribution in [0.5, 0.6) is 0 Å². The van der Waals surface area contributed by atoms with Crippen molar-refractivity contribution in [3.8, 4) is 0 Å². The molecule has 2 aliphatic heterocycles. The SMILES string of the molecule is C/C(C(=N)OC1CCN(S(=O)(=O)C(C)C)CC1)=C(/N)OC1CCN(C(=O)OC(C)C)CC1. The van der Waals surface area contributed by atoms with Gasteiger partial charge in [0.05, 0.1) is 16.9 Å². The van der Waals surface area contributed by atoms with Crippen LogP contribution in [0.2, 0.25) is 0 Å². The number of piperidine rings is 2. The number of carbonyl (C=O) groups excluding carboxylic acids is 1. The zero-order chi connectivity index (χ0) is 24.1. The Labute approximate surface area is 191 Å². The molecular weight excluding hydrogens is 436 g/mol. The fourth-order valence-electron chi connectivity index (χ4n) is 3.57. The van der Waals surface area contributed by atoms with Crippen molar-refractivity contribution in [3.05, 3.63) is 11.5 Å². The van der Waals surface area contributed by atoms with Gasteiger partial charge >= 0.3 is 6.09 Å². The summed E-state index contributed by atoms with van der Waals surface area (Å²) < 4.78 is 42.8. The van der Waals surface area contributed by atoms with Crippen molar-refractivity contribution in [3.63, 3.8) is 0 Å². The second kappa shape index (κ2) is 11.2. The Hall–Kier alpha value is -2.01. The van der Waals surface area contributed by atoms with Gasteiger partial charge in [-0.15, -0.1) is 0 Å². The monoisotopic (exact) mass is 474 g/mol. The van der Waals surface area contributed by atoms with Crippen LogP contribution in [-0.4, -0.2) is 79.4 Å². The third kappa shape index (κ3) is 6.99. The summed E-state index contributed by atoms with van der Waals surface area (Å²) in [7, 11) is -3.27. The molecule has 0 bridgehead atoms. The molecule has 0 spiro atoms. The smallest absolute Gasteiger partial charge is 0.410 e. The number of nitrogens with two attached hydrogens (primary N) is 1. The Morgan fingerprint density at radius 2 is 1.47 bits per heavy atom. The summed E-state index contributed by atoms with van der Waals surface area (Å²) in [6.45, 7) is 10.5. The number of likely N-dealkylation sites (tertiary alicyclic amines) is 1. The van der Waals surface area contributed by atoms with E-state index in [0.29, 0.717) is 57.4 Å². The van der Waals surface area contributed by atoms with Crippen LogP contribution in [0.1, 0.15) is 60.3 Å². The topological polar surface area (TPSA) is 135 Å². The highest BCUT2D eigenvalue weighted by atomic mass is 32.2. The average molecular weight is 475 g/mol. The van der Waals surface area contributed by atoms with Crippen molar-refractivity contribution in [1.82, 2.24) is 9.21 Å². The van der Waals surface area contributed by atoms with Crippen LogP contribution >= 0.6 is 0 Å². The van der Waals surface area contributed by atoms with Crippen LogP contribution in [0, 0.1) is 5.41 Å². The zero-order valence-electron chi connectivity index (χ0n) is 19.8. The largest absolute Gasteiger partial charge is 0.476 e. The maximum atomic E-state index is 12.3. The van der Waals surface area contributed by atoms with E-state index in [4.69, 9.17) is 25.4 Å². The highest BCUT2D eigenvalue weighted by Crippen LogP contribution is 2.22. The van der Waals surface area contributed by atoms with Gasteiger partial charge in [-0.1, -0.05) is 0 Å². The predicted molar refractivity (Wildman–Crippen MR) is 122 cm³/mol. The number of rotatable bonds is 7. The van der Waals surface area contributed by atoms with E-state index in [2.05, 4.69) is 0 Å². The number of nitrogens with zero attached hydrogens (tertiary/aromatic N) is 2. The summed E-state index contributed by atoms with van der Waals surface area (Å²) in [5, 5.41) is 7.78. The molecule has 2 aliphatic rings. The molecule has 2 saturated heterocycles. The maximum absolute atomic E-state index is 12.3. The lowest BCUT2D eigenvalue weighted by Crippen LogP contribution is -2.44. The third-order valence-corrected chi connectivity index (χ3v) is 7.96. The van der Waals surface area contributed by atoms with Gasteiger partial charge in [0.25, 0.3) is 0 Å². The van der Waals surface area contributed by atoms with Crippen LogP contribution in [0.25, 0.3) is 0 Å². The molecule has 0 atom stereocenters. The molecule has 0 saturated carbocycles. The molecule has 10 nitrogen and oxygen atoms in total. The van der Waals surface area contributed by atoms with Gasteiger partial charge in [-0.25, -0.2) is 17.5 Å². The van der Waals surface area contributed by atoms with E-state index in [1.807, 2.05) is 13.8 Å². The summed E-state index contributed by atoms with van der Waals surface area (Å²) in [6, 6.07) is 0. The summed E-state index contributed by atoms with van der Waals surface area (Å²) in [4.78, 5) is 13.6. The number of ether oxygens (including phenoxy) is 3. The number of hydrogen-bond donors (Lipinski definition) is 2. The molecule has 0 aromatic heterocycles.